The van der Waals surface area contributed by atoms with E-state index in [-0.39, 0.29) is 24.0 Å². The van der Waals surface area contributed by atoms with Crippen LogP contribution in [0.1, 0.15) is 48.7 Å². The lowest BCUT2D eigenvalue weighted by molar-refractivity contribution is -0.0431. The minimum absolute atomic E-state index is 0.0740. The van der Waals surface area contributed by atoms with E-state index >= 15 is 0 Å². The molecule has 2 aromatic carbocycles. The van der Waals surface area contributed by atoms with Crippen molar-refractivity contribution in [3.63, 3.8) is 0 Å². The van der Waals surface area contributed by atoms with E-state index in [4.69, 9.17) is 4.74 Å². The van der Waals surface area contributed by atoms with Gasteiger partial charge in [0.05, 0.1) is 19.0 Å². The van der Waals surface area contributed by atoms with Gasteiger partial charge in [-0.1, -0.05) is 36.4 Å². The van der Waals surface area contributed by atoms with Gasteiger partial charge in [-0.3, -0.25) is 4.90 Å². The van der Waals surface area contributed by atoms with E-state index in [9.17, 15) is 12.8 Å². The van der Waals surface area contributed by atoms with Gasteiger partial charge in [-0.15, -0.1) is 0 Å². The zero-order valence-electron chi connectivity index (χ0n) is 16.4. The lowest BCUT2D eigenvalue weighted by Crippen LogP contribution is -2.39. The summed E-state index contributed by atoms with van der Waals surface area (Å²) >= 11 is 0. The molecule has 152 valence electrons. The summed E-state index contributed by atoms with van der Waals surface area (Å²) in [7, 11) is -3.25. The van der Waals surface area contributed by atoms with Crippen LogP contribution in [-0.2, 0) is 14.8 Å². The van der Waals surface area contributed by atoms with Gasteiger partial charge in [0.15, 0.2) is 0 Å². The Balaban J connectivity index is 1.67. The minimum atomic E-state index is -3.25. The summed E-state index contributed by atoms with van der Waals surface area (Å²) in [4.78, 5) is 2.35. The molecule has 5 nitrogen and oxygen atoms in total. The number of halogens is 1. The number of hydrogen-bond donors (Lipinski definition) is 1. The van der Waals surface area contributed by atoms with Crippen molar-refractivity contribution in [2.45, 2.75) is 32.0 Å². The Morgan fingerprint density at radius 2 is 1.68 bits per heavy atom. The van der Waals surface area contributed by atoms with Gasteiger partial charge in [0.2, 0.25) is 10.0 Å². The Bertz CT molecular complexity index is 885. The Hall–Kier alpha value is -1.80. The number of rotatable bonds is 6. The zero-order chi connectivity index (χ0) is 20.3. The molecule has 28 heavy (non-hydrogen) atoms. The van der Waals surface area contributed by atoms with Gasteiger partial charge < -0.3 is 4.74 Å². The van der Waals surface area contributed by atoms with Gasteiger partial charge in [-0.2, -0.15) is 0 Å². The molecule has 3 atom stereocenters. The summed E-state index contributed by atoms with van der Waals surface area (Å²) in [6.07, 6.45) is 1.09. The second-order valence-corrected chi connectivity index (χ2v) is 9.14. The molecule has 1 aliphatic heterocycles. The first-order valence-corrected chi connectivity index (χ1v) is 11.3. The van der Waals surface area contributed by atoms with Crippen molar-refractivity contribution >= 4 is 10.0 Å². The third-order valence-corrected chi connectivity index (χ3v) is 5.98. The van der Waals surface area contributed by atoms with E-state index in [1.54, 1.807) is 12.1 Å². The fourth-order valence-corrected chi connectivity index (χ4v) is 4.34. The Labute approximate surface area is 166 Å². The number of morpholine rings is 1. The average molecular weight is 407 g/mol. The molecule has 7 heteroatoms. The van der Waals surface area contributed by atoms with Gasteiger partial charge in [0.25, 0.3) is 0 Å². The number of ether oxygens (including phenoxy) is 1. The molecule has 2 unspecified atom stereocenters. The molecule has 1 saturated heterocycles. The molecule has 1 N–H and O–H groups in total. The summed E-state index contributed by atoms with van der Waals surface area (Å²) in [6.45, 7) is 6.17. The van der Waals surface area contributed by atoms with Crippen molar-refractivity contribution < 1.29 is 17.5 Å². The van der Waals surface area contributed by atoms with Crippen LogP contribution in [0.3, 0.4) is 0 Å². The zero-order valence-corrected chi connectivity index (χ0v) is 17.2. The lowest BCUT2D eigenvalue weighted by Gasteiger charge is -2.37. The molecular formula is C21H27FN2O3S. The third-order valence-electron chi connectivity index (χ3n) is 5.20. The molecule has 1 fully saturated rings. The van der Waals surface area contributed by atoms with Crippen LogP contribution in [-0.4, -0.2) is 39.3 Å². The molecule has 0 aliphatic carbocycles. The van der Waals surface area contributed by atoms with Crippen LogP contribution in [0.5, 0.6) is 0 Å². The Morgan fingerprint density at radius 1 is 1.07 bits per heavy atom. The summed E-state index contributed by atoms with van der Waals surface area (Å²) in [6, 6.07) is 14.4. The van der Waals surface area contributed by atoms with Crippen molar-refractivity contribution in [1.29, 1.82) is 0 Å². The van der Waals surface area contributed by atoms with Gasteiger partial charge in [-0.05, 0) is 42.7 Å². The standard InChI is InChI=1S/C21H27FN2O3S/c1-15(23-28(3,25)26)17-4-6-18(7-5-17)16(2)24-12-13-27-21(14-24)19-8-10-20(22)11-9-19/h4-11,15-16,21,23H,12-14H2,1-3H3/t15-,16?,21?/m1/s1. The predicted octanol–water partition coefficient (Wildman–Crippen LogP) is 3.57. The second-order valence-electron chi connectivity index (χ2n) is 7.36. The Morgan fingerprint density at radius 3 is 2.29 bits per heavy atom. The SMILES string of the molecule is CC(c1ccc([C@@H](C)NS(C)(=O)=O)cc1)N1CCOC(c2ccc(F)cc2)C1. The molecule has 1 heterocycles. The van der Waals surface area contributed by atoms with Crippen molar-refractivity contribution in [3.8, 4) is 0 Å². The monoisotopic (exact) mass is 406 g/mol. The van der Waals surface area contributed by atoms with Crippen molar-refractivity contribution in [3.05, 3.63) is 71.0 Å². The molecule has 2 aromatic rings. The first-order valence-electron chi connectivity index (χ1n) is 9.41. The lowest BCUT2D eigenvalue weighted by atomic mass is 10.0. The van der Waals surface area contributed by atoms with Gasteiger partial charge in [0, 0.05) is 25.2 Å². The first-order chi connectivity index (χ1) is 13.2. The highest BCUT2D eigenvalue weighted by Crippen LogP contribution is 2.29. The maximum Gasteiger partial charge on any atom is 0.209 e. The summed E-state index contributed by atoms with van der Waals surface area (Å²) in [5.74, 6) is -0.246. The van der Waals surface area contributed by atoms with Crippen molar-refractivity contribution in [2.75, 3.05) is 26.0 Å². The van der Waals surface area contributed by atoms with Crippen LogP contribution >= 0.6 is 0 Å². The molecule has 0 saturated carbocycles. The summed E-state index contributed by atoms with van der Waals surface area (Å²) in [5, 5.41) is 0. The largest absolute Gasteiger partial charge is 0.371 e. The van der Waals surface area contributed by atoms with Crippen LogP contribution < -0.4 is 4.72 Å². The highest BCUT2D eigenvalue weighted by Gasteiger charge is 2.26. The molecule has 1 aliphatic rings. The highest BCUT2D eigenvalue weighted by molar-refractivity contribution is 7.88. The number of nitrogens with one attached hydrogen (secondary N) is 1. The van der Waals surface area contributed by atoms with Crippen molar-refractivity contribution in [2.24, 2.45) is 0 Å². The molecule has 0 radical (unpaired) electrons. The number of benzene rings is 2. The summed E-state index contributed by atoms with van der Waals surface area (Å²) < 4.78 is 44.5. The van der Waals surface area contributed by atoms with Crippen LogP contribution in [0.15, 0.2) is 48.5 Å². The van der Waals surface area contributed by atoms with E-state index in [0.717, 1.165) is 36.0 Å². The fraction of sp³-hybridized carbons (Fsp3) is 0.429. The third kappa shape index (κ3) is 5.38. The van der Waals surface area contributed by atoms with Crippen LogP contribution in [0.4, 0.5) is 4.39 Å². The molecular weight excluding hydrogens is 379 g/mol. The van der Waals surface area contributed by atoms with Gasteiger partial charge in [-0.25, -0.2) is 17.5 Å². The van der Waals surface area contributed by atoms with Gasteiger partial charge in [0.1, 0.15) is 5.82 Å². The molecule has 0 amide bonds. The molecule has 3 rings (SSSR count). The van der Waals surface area contributed by atoms with Crippen molar-refractivity contribution in [1.82, 2.24) is 9.62 Å². The average Bonchev–Trinajstić information content (AvgIpc) is 2.67. The molecule has 0 spiro atoms. The van der Waals surface area contributed by atoms with Crippen LogP contribution in [0.2, 0.25) is 0 Å². The van der Waals surface area contributed by atoms with E-state index in [1.807, 2.05) is 31.2 Å². The number of sulfonamides is 1. The maximum absolute atomic E-state index is 13.2. The minimum Gasteiger partial charge on any atom is -0.371 e. The van der Waals surface area contributed by atoms with Crippen LogP contribution in [0, 0.1) is 5.82 Å². The Kier molecular flexibility index (Phi) is 6.50. The van der Waals surface area contributed by atoms with Gasteiger partial charge >= 0.3 is 0 Å². The predicted molar refractivity (Wildman–Crippen MR) is 108 cm³/mol. The van der Waals surface area contributed by atoms with E-state index in [2.05, 4.69) is 16.5 Å². The summed E-state index contributed by atoms with van der Waals surface area (Å²) in [5.41, 5.74) is 3.07. The smallest absolute Gasteiger partial charge is 0.209 e. The topological polar surface area (TPSA) is 58.6 Å². The van der Waals surface area contributed by atoms with Crippen LogP contribution in [0.25, 0.3) is 0 Å². The maximum atomic E-state index is 13.2. The van der Waals surface area contributed by atoms with E-state index < -0.39 is 10.0 Å². The highest BCUT2D eigenvalue weighted by atomic mass is 32.2. The molecule has 0 aromatic heterocycles. The fourth-order valence-electron chi connectivity index (χ4n) is 3.56. The second kappa shape index (κ2) is 8.69. The normalized spacial score (nSPS) is 20.6. The first kappa shape index (κ1) is 20.9. The quantitative estimate of drug-likeness (QED) is 0.797. The van der Waals surface area contributed by atoms with E-state index in [0.29, 0.717) is 6.61 Å². The number of nitrogens with zero attached hydrogens (tertiary/aromatic N) is 1. The van der Waals surface area contributed by atoms with E-state index in [1.165, 1.54) is 12.1 Å². The molecule has 0 bridgehead atoms. The number of hydrogen-bond acceptors (Lipinski definition) is 4.